The molecule has 2 aromatic heterocycles. The third kappa shape index (κ3) is 3.35. The molecule has 0 aliphatic rings. The lowest BCUT2D eigenvalue weighted by Crippen LogP contribution is -2.16. The molecule has 20 heavy (non-hydrogen) atoms. The van der Waals surface area contributed by atoms with Gasteiger partial charge in [-0.05, 0) is 24.0 Å². The summed E-state index contributed by atoms with van der Waals surface area (Å²) in [5.41, 5.74) is 8.20. The predicted molar refractivity (Wildman–Crippen MR) is 85.1 cm³/mol. The Morgan fingerprint density at radius 2 is 2.25 bits per heavy atom. The van der Waals surface area contributed by atoms with Crippen molar-refractivity contribution in [2.24, 2.45) is 5.73 Å². The quantitative estimate of drug-likeness (QED) is 0.888. The van der Waals surface area contributed by atoms with E-state index >= 15 is 0 Å². The van der Waals surface area contributed by atoms with E-state index in [0.29, 0.717) is 12.5 Å². The van der Waals surface area contributed by atoms with Gasteiger partial charge in [0.15, 0.2) is 5.13 Å². The fourth-order valence-corrected chi connectivity index (χ4v) is 3.09. The first kappa shape index (κ1) is 14.9. The van der Waals surface area contributed by atoms with Crippen LogP contribution in [-0.2, 0) is 13.1 Å². The SMILES string of the molecule is CCC(C)c1nc(N(C)Cc2cccnc2)sc1CN. The largest absolute Gasteiger partial charge is 0.347 e. The molecule has 2 heterocycles. The molecule has 0 bridgehead atoms. The van der Waals surface area contributed by atoms with Crippen LogP contribution in [0.25, 0.3) is 0 Å². The summed E-state index contributed by atoms with van der Waals surface area (Å²) in [4.78, 5) is 12.3. The van der Waals surface area contributed by atoms with Gasteiger partial charge in [0.25, 0.3) is 0 Å². The molecule has 0 saturated carbocycles. The Kier molecular flexibility index (Phi) is 5.09. The Morgan fingerprint density at radius 1 is 1.45 bits per heavy atom. The van der Waals surface area contributed by atoms with Crippen LogP contribution in [0.15, 0.2) is 24.5 Å². The highest BCUT2D eigenvalue weighted by molar-refractivity contribution is 7.15. The van der Waals surface area contributed by atoms with Crippen LogP contribution in [0.3, 0.4) is 0 Å². The molecular weight excluding hydrogens is 268 g/mol. The monoisotopic (exact) mass is 290 g/mol. The summed E-state index contributed by atoms with van der Waals surface area (Å²) in [5, 5.41) is 1.03. The Morgan fingerprint density at radius 3 is 2.85 bits per heavy atom. The maximum atomic E-state index is 5.85. The Balaban J connectivity index is 2.18. The van der Waals surface area contributed by atoms with Crippen molar-refractivity contribution in [1.82, 2.24) is 9.97 Å². The second kappa shape index (κ2) is 6.81. The van der Waals surface area contributed by atoms with E-state index in [9.17, 15) is 0 Å². The third-order valence-corrected chi connectivity index (χ3v) is 4.66. The van der Waals surface area contributed by atoms with E-state index in [0.717, 1.165) is 23.8 Å². The Labute approximate surface area is 124 Å². The molecule has 2 N–H and O–H groups in total. The number of anilines is 1. The first-order valence-electron chi connectivity index (χ1n) is 6.95. The number of nitrogens with zero attached hydrogens (tertiary/aromatic N) is 3. The molecule has 0 aliphatic heterocycles. The van der Waals surface area contributed by atoms with Crippen LogP contribution in [0.4, 0.5) is 5.13 Å². The lowest BCUT2D eigenvalue weighted by atomic mass is 10.0. The summed E-state index contributed by atoms with van der Waals surface area (Å²) in [7, 11) is 2.06. The van der Waals surface area contributed by atoms with Gasteiger partial charge >= 0.3 is 0 Å². The summed E-state index contributed by atoms with van der Waals surface area (Å²) in [5.74, 6) is 0.463. The summed E-state index contributed by atoms with van der Waals surface area (Å²) in [6, 6.07) is 4.04. The maximum absolute atomic E-state index is 5.85. The van der Waals surface area contributed by atoms with Crippen molar-refractivity contribution in [1.29, 1.82) is 0 Å². The minimum Gasteiger partial charge on any atom is -0.347 e. The minimum absolute atomic E-state index is 0.463. The second-order valence-corrected chi connectivity index (χ2v) is 6.10. The average molecular weight is 290 g/mol. The summed E-state index contributed by atoms with van der Waals surface area (Å²) >= 11 is 1.70. The third-order valence-electron chi connectivity index (χ3n) is 3.45. The number of aromatic nitrogens is 2. The van der Waals surface area contributed by atoms with Gasteiger partial charge in [-0.2, -0.15) is 0 Å². The van der Waals surface area contributed by atoms with Gasteiger partial charge in [-0.1, -0.05) is 19.9 Å². The van der Waals surface area contributed by atoms with Crippen LogP contribution in [-0.4, -0.2) is 17.0 Å². The number of thiazole rings is 1. The molecule has 0 radical (unpaired) electrons. The van der Waals surface area contributed by atoms with Crippen molar-refractivity contribution >= 4 is 16.5 Å². The van der Waals surface area contributed by atoms with E-state index in [1.807, 2.05) is 12.3 Å². The number of nitrogens with two attached hydrogens (primary N) is 1. The highest BCUT2D eigenvalue weighted by Gasteiger charge is 2.17. The van der Waals surface area contributed by atoms with Crippen molar-refractivity contribution in [3.05, 3.63) is 40.7 Å². The standard InChI is InChI=1S/C15H22N4S/c1-4-11(2)14-13(8-16)20-15(18-14)19(3)10-12-6-5-7-17-9-12/h5-7,9,11H,4,8,10,16H2,1-3H3. The molecule has 4 nitrogen and oxygen atoms in total. The molecule has 1 unspecified atom stereocenters. The van der Waals surface area contributed by atoms with Crippen LogP contribution in [0.2, 0.25) is 0 Å². The van der Waals surface area contributed by atoms with E-state index < -0.39 is 0 Å². The maximum Gasteiger partial charge on any atom is 0.185 e. The molecular formula is C15H22N4S. The second-order valence-electron chi connectivity index (χ2n) is 5.04. The zero-order chi connectivity index (χ0) is 14.5. The average Bonchev–Trinajstić information content (AvgIpc) is 2.92. The molecule has 0 spiro atoms. The van der Waals surface area contributed by atoms with E-state index in [2.05, 4.69) is 36.8 Å². The first-order valence-corrected chi connectivity index (χ1v) is 7.77. The van der Waals surface area contributed by atoms with Gasteiger partial charge in [0.1, 0.15) is 0 Å². The molecule has 0 aliphatic carbocycles. The van der Waals surface area contributed by atoms with Crippen molar-refractivity contribution in [3.8, 4) is 0 Å². The number of pyridine rings is 1. The van der Waals surface area contributed by atoms with Crippen molar-refractivity contribution in [2.45, 2.75) is 39.3 Å². The number of hydrogen-bond acceptors (Lipinski definition) is 5. The van der Waals surface area contributed by atoms with Crippen LogP contribution in [0.1, 0.15) is 42.3 Å². The molecule has 2 aromatic rings. The van der Waals surface area contributed by atoms with Crippen LogP contribution < -0.4 is 10.6 Å². The normalized spacial score (nSPS) is 12.4. The van der Waals surface area contributed by atoms with Crippen LogP contribution >= 0.6 is 11.3 Å². The van der Waals surface area contributed by atoms with Gasteiger partial charge < -0.3 is 10.6 Å². The van der Waals surface area contributed by atoms with Gasteiger partial charge in [0, 0.05) is 37.4 Å². The summed E-state index contributed by atoms with van der Waals surface area (Å²) in [6.07, 6.45) is 4.77. The summed E-state index contributed by atoms with van der Waals surface area (Å²) < 4.78 is 0. The molecule has 1 atom stereocenters. The number of rotatable bonds is 6. The fraction of sp³-hybridized carbons (Fsp3) is 0.467. The van der Waals surface area contributed by atoms with E-state index in [1.54, 1.807) is 17.5 Å². The van der Waals surface area contributed by atoms with Crippen LogP contribution in [0.5, 0.6) is 0 Å². The molecule has 2 rings (SSSR count). The highest BCUT2D eigenvalue weighted by atomic mass is 32.1. The van der Waals surface area contributed by atoms with E-state index in [-0.39, 0.29) is 0 Å². The Hall–Kier alpha value is -1.46. The minimum atomic E-state index is 0.463. The van der Waals surface area contributed by atoms with Gasteiger partial charge in [-0.15, -0.1) is 11.3 Å². The van der Waals surface area contributed by atoms with Crippen LogP contribution in [0, 0.1) is 0 Å². The molecule has 108 valence electrons. The topological polar surface area (TPSA) is 55.0 Å². The van der Waals surface area contributed by atoms with Gasteiger partial charge in [0.2, 0.25) is 0 Å². The van der Waals surface area contributed by atoms with Crippen molar-refractivity contribution in [3.63, 3.8) is 0 Å². The summed E-state index contributed by atoms with van der Waals surface area (Å²) in [6.45, 7) is 5.77. The van der Waals surface area contributed by atoms with Gasteiger partial charge in [-0.3, -0.25) is 4.98 Å². The van der Waals surface area contributed by atoms with Crippen molar-refractivity contribution < 1.29 is 0 Å². The zero-order valence-electron chi connectivity index (χ0n) is 12.3. The predicted octanol–water partition coefficient (Wildman–Crippen LogP) is 3.15. The number of hydrogen-bond donors (Lipinski definition) is 1. The molecule has 0 aromatic carbocycles. The molecule has 0 fully saturated rings. The van der Waals surface area contributed by atoms with Crippen molar-refractivity contribution in [2.75, 3.05) is 11.9 Å². The fourth-order valence-electron chi connectivity index (χ4n) is 2.07. The Bertz CT molecular complexity index is 538. The molecule has 5 heteroatoms. The molecule has 0 amide bonds. The molecule has 0 saturated heterocycles. The highest BCUT2D eigenvalue weighted by Crippen LogP contribution is 2.31. The lowest BCUT2D eigenvalue weighted by molar-refractivity contribution is 0.702. The van der Waals surface area contributed by atoms with E-state index in [1.165, 1.54) is 10.4 Å². The first-order chi connectivity index (χ1) is 9.65. The lowest BCUT2D eigenvalue weighted by Gasteiger charge is -2.15. The van der Waals surface area contributed by atoms with Gasteiger partial charge in [-0.25, -0.2) is 4.98 Å². The van der Waals surface area contributed by atoms with E-state index in [4.69, 9.17) is 10.7 Å². The smallest absolute Gasteiger partial charge is 0.185 e. The van der Waals surface area contributed by atoms with Gasteiger partial charge in [0.05, 0.1) is 5.69 Å². The zero-order valence-corrected chi connectivity index (χ0v) is 13.2.